The van der Waals surface area contributed by atoms with Gasteiger partial charge in [0, 0.05) is 38.0 Å². The van der Waals surface area contributed by atoms with E-state index in [2.05, 4.69) is 5.32 Å². The van der Waals surface area contributed by atoms with E-state index in [0.29, 0.717) is 25.5 Å². The molecule has 2 saturated heterocycles. The molecule has 0 spiro atoms. The van der Waals surface area contributed by atoms with E-state index in [4.69, 9.17) is 10.1 Å². The fourth-order valence-corrected chi connectivity index (χ4v) is 3.82. The molecule has 1 aliphatic carbocycles. The molecule has 3 heterocycles. The molecule has 1 unspecified atom stereocenters. The lowest BCUT2D eigenvalue weighted by atomic mass is 9.73. The van der Waals surface area contributed by atoms with E-state index in [0.717, 1.165) is 12.8 Å². The molecule has 1 saturated carbocycles. The minimum atomic E-state index is -1.21. The Morgan fingerprint density at radius 2 is 2.16 bits per heavy atom. The highest BCUT2D eigenvalue weighted by molar-refractivity contribution is 6.00. The van der Waals surface area contributed by atoms with Crippen LogP contribution in [0.15, 0.2) is 17.1 Å². The summed E-state index contributed by atoms with van der Waals surface area (Å²) >= 11 is 0. The zero-order valence-electron chi connectivity index (χ0n) is 14.0. The van der Waals surface area contributed by atoms with Crippen molar-refractivity contribution in [1.29, 1.82) is 5.41 Å². The number of amides is 1. The number of nitrogens with one attached hydrogen (secondary N) is 2. The first-order valence-electron chi connectivity index (χ1n) is 8.55. The zero-order valence-corrected chi connectivity index (χ0v) is 14.0. The average molecular weight is 348 g/mol. The fourth-order valence-electron chi connectivity index (χ4n) is 3.82. The molecule has 1 aromatic heterocycles. The largest absolute Gasteiger partial charge is 0.379 e. The lowest BCUT2D eigenvalue weighted by Crippen LogP contribution is -2.68. The maximum atomic E-state index is 15.0. The molecule has 0 radical (unpaired) electrons. The second kappa shape index (κ2) is 5.66. The van der Waals surface area contributed by atoms with Gasteiger partial charge in [-0.3, -0.25) is 19.9 Å². The summed E-state index contributed by atoms with van der Waals surface area (Å²) in [7, 11) is 1.51. The molecule has 2 atom stereocenters. The molecular weight excluding hydrogens is 327 g/mol. The second-order valence-electron chi connectivity index (χ2n) is 7.21. The average Bonchev–Trinajstić information content (AvgIpc) is 3.40. The van der Waals surface area contributed by atoms with Gasteiger partial charge >= 0.3 is 0 Å². The summed E-state index contributed by atoms with van der Waals surface area (Å²) in [6.07, 6.45) is 3.77. The molecule has 0 aromatic carbocycles. The number of pyridine rings is 1. The highest BCUT2D eigenvalue weighted by atomic mass is 19.1. The Balaban J connectivity index is 1.80. The van der Waals surface area contributed by atoms with Crippen LogP contribution in [0.4, 0.5) is 4.39 Å². The van der Waals surface area contributed by atoms with Crippen LogP contribution in [0.5, 0.6) is 0 Å². The number of aromatic nitrogens is 1. The lowest BCUT2D eigenvalue weighted by molar-refractivity contribution is -0.143. The number of fused-ring (bicyclic) bond motifs is 1. The molecular formula is C17H21FN4O3. The molecule has 3 fully saturated rings. The highest BCUT2D eigenvalue weighted by Crippen LogP contribution is 2.40. The Hall–Kier alpha value is -2.22. The fraction of sp³-hybridized carbons (Fsp3) is 0.588. The third kappa shape index (κ3) is 2.55. The van der Waals surface area contributed by atoms with Gasteiger partial charge in [0.1, 0.15) is 11.4 Å². The van der Waals surface area contributed by atoms with E-state index < -0.39 is 17.3 Å². The Morgan fingerprint density at radius 1 is 1.40 bits per heavy atom. The first-order valence-corrected chi connectivity index (χ1v) is 8.55. The number of halogens is 1. The molecule has 25 heavy (non-hydrogen) atoms. The van der Waals surface area contributed by atoms with Crippen molar-refractivity contribution in [3.05, 3.63) is 34.0 Å². The molecule has 2 aliphatic heterocycles. The van der Waals surface area contributed by atoms with Crippen LogP contribution in [-0.4, -0.2) is 41.6 Å². The quantitative estimate of drug-likeness (QED) is 0.839. The van der Waals surface area contributed by atoms with Crippen LogP contribution in [0, 0.1) is 23.1 Å². The van der Waals surface area contributed by atoms with Crippen LogP contribution in [-0.2, 0) is 21.6 Å². The number of nitrogens with zero attached hydrogens (tertiary/aromatic N) is 2. The van der Waals surface area contributed by atoms with E-state index in [1.54, 1.807) is 0 Å². The van der Waals surface area contributed by atoms with Gasteiger partial charge in [-0.25, -0.2) is 4.39 Å². The standard InChI is InChI=1S/C17H21FN4O3/c1-21-15(24)11-4-5-25-9-17(11,20-16(21)19)12-6-14(23)22(8-13(12)18)7-10-2-3-10/h6,8,10-11H,2-5,7,9H2,1H3,(H2,19,20)/t11-,17?/m0/s1. The number of carbonyl (C=O) groups is 1. The molecule has 1 aromatic rings. The summed E-state index contributed by atoms with van der Waals surface area (Å²) in [6, 6.07) is 1.26. The van der Waals surface area contributed by atoms with Gasteiger partial charge < -0.3 is 14.6 Å². The van der Waals surface area contributed by atoms with Gasteiger partial charge in [0.15, 0.2) is 5.96 Å². The molecule has 7 nitrogen and oxygen atoms in total. The SMILES string of the molecule is CN1C(=N)NC2(c3cc(=O)n(CC4CC4)cc3F)COCC[C@H]2C1=O. The molecule has 1 amide bonds. The van der Waals surface area contributed by atoms with E-state index in [1.807, 2.05) is 0 Å². The van der Waals surface area contributed by atoms with Crippen molar-refractivity contribution >= 4 is 11.9 Å². The number of ether oxygens (including phenoxy) is 1. The normalized spacial score (nSPS) is 29.4. The summed E-state index contributed by atoms with van der Waals surface area (Å²) in [5.41, 5.74) is -1.39. The third-order valence-corrected chi connectivity index (χ3v) is 5.49. The van der Waals surface area contributed by atoms with Crippen LogP contribution in [0.3, 0.4) is 0 Å². The number of rotatable bonds is 3. The van der Waals surface area contributed by atoms with Crippen molar-refractivity contribution in [1.82, 2.24) is 14.8 Å². The lowest BCUT2D eigenvalue weighted by Gasteiger charge is -2.49. The Morgan fingerprint density at radius 3 is 2.88 bits per heavy atom. The van der Waals surface area contributed by atoms with Crippen molar-refractivity contribution in [2.24, 2.45) is 11.8 Å². The van der Waals surface area contributed by atoms with Crippen LogP contribution < -0.4 is 10.9 Å². The predicted octanol–water partition coefficient (Wildman–Crippen LogP) is 0.626. The number of hydrogen-bond donors (Lipinski definition) is 2. The first kappa shape index (κ1) is 16.3. The van der Waals surface area contributed by atoms with Gasteiger partial charge in [0.25, 0.3) is 5.56 Å². The summed E-state index contributed by atoms with van der Waals surface area (Å²) in [5.74, 6) is -1.05. The van der Waals surface area contributed by atoms with Crippen molar-refractivity contribution < 1.29 is 13.9 Å². The maximum absolute atomic E-state index is 15.0. The van der Waals surface area contributed by atoms with Crippen molar-refractivity contribution in [3.8, 4) is 0 Å². The van der Waals surface area contributed by atoms with Gasteiger partial charge in [-0.05, 0) is 25.2 Å². The van der Waals surface area contributed by atoms with Crippen LogP contribution in [0.1, 0.15) is 24.8 Å². The topological polar surface area (TPSA) is 87.4 Å². The van der Waals surface area contributed by atoms with E-state index in [1.165, 1.54) is 28.8 Å². The van der Waals surface area contributed by atoms with Gasteiger partial charge in [-0.1, -0.05) is 0 Å². The summed E-state index contributed by atoms with van der Waals surface area (Å²) in [6.45, 7) is 0.956. The van der Waals surface area contributed by atoms with E-state index >= 15 is 0 Å². The van der Waals surface area contributed by atoms with Crippen molar-refractivity contribution in [2.75, 3.05) is 20.3 Å². The summed E-state index contributed by atoms with van der Waals surface area (Å²) in [4.78, 5) is 26.3. The first-order chi connectivity index (χ1) is 11.9. The van der Waals surface area contributed by atoms with E-state index in [-0.39, 0.29) is 29.6 Å². The van der Waals surface area contributed by atoms with Crippen LogP contribution in [0.2, 0.25) is 0 Å². The Labute approximate surface area is 144 Å². The maximum Gasteiger partial charge on any atom is 0.251 e. The van der Waals surface area contributed by atoms with Gasteiger partial charge in [-0.2, -0.15) is 0 Å². The number of hydrogen-bond acceptors (Lipinski definition) is 4. The Bertz CT molecular complexity index is 804. The summed E-state index contributed by atoms with van der Waals surface area (Å²) < 4.78 is 21.9. The Kier molecular flexibility index (Phi) is 3.68. The van der Waals surface area contributed by atoms with Crippen LogP contribution >= 0.6 is 0 Å². The minimum Gasteiger partial charge on any atom is -0.379 e. The van der Waals surface area contributed by atoms with Crippen molar-refractivity contribution in [2.45, 2.75) is 31.3 Å². The molecule has 2 N–H and O–H groups in total. The highest BCUT2D eigenvalue weighted by Gasteiger charge is 2.53. The molecule has 0 bridgehead atoms. The van der Waals surface area contributed by atoms with Gasteiger partial charge in [-0.15, -0.1) is 0 Å². The zero-order chi connectivity index (χ0) is 17.8. The summed E-state index contributed by atoms with van der Waals surface area (Å²) in [5, 5.41) is 11.0. The number of carbonyl (C=O) groups excluding carboxylic acids is 1. The molecule has 3 aliphatic rings. The monoisotopic (exact) mass is 348 g/mol. The molecule has 134 valence electrons. The second-order valence-corrected chi connectivity index (χ2v) is 7.21. The minimum absolute atomic E-state index is 0.0443. The van der Waals surface area contributed by atoms with Gasteiger partial charge in [0.05, 0.1) is 12.5 Å². The van der Waals surface area contributed by atoms with E-state index in [9.17, 15) is 14.0 Å². The number of guanidine groups is 1. The van der Waals surface area contributed by atoms with Crippen molar-refractivity contribution in [3.63, 3.8) is 0 Å². The third-order valence-electron chi connectivity index (χ3n) is 5.49. The van der Waals surface area contributed by atoms with Crippen LogP contribution in [0.25, 0.3) is 0 Å². The molecule has 4 rings (SSSR count). The smallest absolute Gasteiger partial charge is 0.251 e. The predicted molar refractivity (Wildman–Crippen MR) is 87.6 cm³/mol. The van der Waals surface area contributed by atoms with Gasteiger partial charge in [0.2, 0.25) is 5.91 Å². The molecule has 8 heteroatoms.